The molecule has 0 bridgehead atoms. The molecule has 0 N–H and O–H groups in total. The SMILES string of the molecule is CC1(COC(=O)c2ccn(-c3ccc(Cl)cc3)n2)CCCCO1. The first-order valence-corrected chi connectivity index (χ1v) is 8.06. The van der Waals surface area contributed by atoms with Crippen molar-refractivity contribution in [3.63, 3.8) is 0 Å². The Balaban J connectivity index is 1.63. The number of hydrogen-bond donors (Lipinski definition) is 0. The van der Waals surface area contributed by atoms with Crippen LogP contribution in [0.5, 0.6) is 0 Å². The van der Waals surface area contributed by atoms with E-state index in [4.69, 9.17) is 21.1 Å². The van der Waals surface area contributed by atoms with Gasteiger partial charge in [-0.15, -0.1) is 0 Å². The van der Waals surface area contributed by atoms with Gasteiger partial charge in [-0.05, 0) is 56.5 Å². The third-order valence-electron chi connectivity index (χ3n) is 3.95. The van der Waals surface area contributed by atoms with Crippen molar-refractivity contribution in [2.45, 2.75) is 31.8 Å². The summed E-state index contributed by atoms with van der Waals surface area (Å²) in [5, 5.41) is 4.91. The lowest BCUT2D eigenvalue weighted by molar-refractivity contribution is -0.0989. The highest BCUT2D eigenvalue weighted by Crippen LogP contribution is 2.25. The Hall–Kier alpha value is -1.85. The summed E-state index contributed by atoms with van der Waals surface area (Å²) >= 11 is 5.87. The standard InChI is InChI=1S/C17H19ClN2O3/c1-17(9-2-3-11-23-17)12-22-16(21)15-8-10-20(19-15)14-6-4-13(18)5-7-14/h4-8,10H,2-3,9,11-12H2,1H3. The van der Waals surface area contributed by atoms with Crippen LogP contribution in [0, 0.1) is 0 Å². The van der Waals surface area contributed by atoms with Crippen molar-refractivity contribution in [1.29, 1.82) is 0 Å². The summed E-state index contributed by atoms with van der Waals surface area (Å²) in [4.78, 5) is 12.2. The zero-order chi connectivity index (χ0) is 16.3. The minimum atomic E-state index is -0.437. The Bertz CT molecular complexity index is 675. The van der Waals surface area contributed by atoms with E-state index in [0.717, 1.165) is 31.6 Å². The first kappa shape index (κ1) is 16.0. The minimum Gasteiger partial charge on any atom is -0.458 e. The summed E-state index contributed by atoms with van der Waals surface area (Å²) in [6.45, 7) is 2.95. The molecule has 1 fully saturated rings. The van der Waals surface area contributed by atoms with Crippen molar-refractivity contribution in [2.24, 2.45) is 0 Å². The fourth-order valence-electron chi connectivity index (χ4n) is 2.57. The van der Waals surface area contributed by atoms with Gasteiger partial charge in [-0.2, -0.15) is 5.10 Å². The number of carbonyl (C=O) groups is 1. The van der Waals surface area contributed by atoms with Crippen molar-refractivity contribution in [1.82, 2.24) is 9.78 Å². The second-order valence-electron chi connectivity index (χ2n) is 5.95. The molecule has 6 heteroatoms. The molecular formula is C17H19ClN2O3. The van der Waals surface area contributed by atoms with Gasteiger partial charge < -0.3 is 9.47 Å². The maximum absolute atomic E-state index is 12.2. The molecule has 1 aromatic carbocycles. The normalized spacial score (nSPS) is 21.1. The largest absolute Gasteiger partial charge is 0.458 e. The maximum Gasteiger partial charge on any atom is 0.358 e. The van der Waals surface area contributed by atoms with Crippen LogP contribution in [0.2, 0.25) is 5.02 Å². The van der Waals surface area contributed by atoms with E-state index >= 15 is 0 Å². The quantitative estimate of drug-likeness (QED) is 0.801. The number of benzene rings is 1. The fraction of sp³-hybridized carbons (Fsp3) is 0.412. The number of esters is 1. The van der Waals surface area contributed by atoms with Gasteiger partial charge in [-0.1, -0.05) is 11.6 Å². The van der Waals surface area contributed by atoms with E-state index < -0.39 is 5.97 Å². The molecule has 5 nitrogen and oxygen atoms in total. The number of ether oxygens (including phenoxy) is 2. The average molecular weight is 335 g/mol. The highest BCUT2D eigenvalue weighted by atomic mass is 35.5. The molecule has 1 aromatic heterocycles. The molecule has 2 aromatic rings. The summed E-state index contributed by atoms with van der Waals surface area (Å²) in [6, 6.07) is 8.86. The average Bonchev–Trinajstić information content (AvgIpc) is 3.04. The van der Waals surface area contributed by atoms with Gasteiger partial charge in [-0.25, -0.2) is 9.48 Å². The monoisotopic (exact) mass is 334 g/mol. The molecule has 0 radical (unpaired) electrons. The van der Waals surface area contributed by atoms with E-state index in [9.17, 15) is 4.79 Å². The number of hydrogen-bond acceptors (Lipinski definition) is 4. The molecule has 0 saturated carbocycles. The molecular weight excluding hydrogens is 316 g/mol. The number of rotatable bonds is 4. The van der Waals surface area contributed by atoms with Crippen molar-refractivity contribution in [2.75, 3.05) is 13.2 Å². The third-order valence-corrected chi connectivity index (χ3v) is 4.20. The van der Waals surface area contributed by atoms with E-state index in [2.05, 4.69) is 5.10 Å². The van der Waals surface area contributed by atoms with Crippen LogP contribution in [0.15, 0.2) is 36.5 Å². The Kier molecular flexibility index (Phi) is 4.68. The molecule has 0 aliphatic carbocycles. The van der Waals surface area contributed by atoms with Crippen LogP contribution < -0.4 is 0 Å². The Morgan fingerprint density at radius 3 is 2.83 bits per heavy atom. The predicted molar refractivity (Wildman–Crippen MR) is 87.1 cm³/mol. The lowest BCUT2D eigenvalue weighted by atomic mass is 9.97. The molecule has 1 unspecified atom stereocenters. The highest BCUT2D eigenvalue weighted by molar-refractivity contribution is 6.30. The number of carbonyl (C=O) groups excluding carboxylic acids is 1. The summed E-state index contributed by atoms with van der Waals surface area (Å²) in [6.07, 6.45) is 4.78. The van der Waals surface area contributed by atoms with Gasteiger partial charge in [0.25, 0.3) is 0 Å². The number of halogens is 1. The number of nitrogens with zero attached hydrogens (tertiary/aromatic N) is 2. The van der Waals surface area contributed by atoms with E-state index in [-0.39, 0.29) is 17.9 Å². The molecule has 122 valence electrons. The molecule has 1 aliphatic rings. The van der Waals surface area contributed by atoms with Crippen LogP contribution in [-0.2, 0) is 9.47 Å². The molecule has 1 aliphatic heterocycles. The van der Waals surface area contributed by atoms with Crippen molar-refractivity contribution in [3.05, 3.63) is 47.2 Å². The zero-order valence-electron chi connectivity index (χ0n) is 13.0. The zero-order valence-corrected chi connectivity index (χ0v) is 13.8. The second kappa shape index (κ2) is 6.72. The van der Waals surface area contributed by atoms with Gasteiger partial charge in [0.1, 0.15) is 6.61 Å². The predicted octanol–water partition coefficient (Wildman–Crippen LogP) is 3.64. The molecule has 1 saturated heterocycles. The van der Waals surface area contributed by atoms with Crippen molar-refractivity contribution >= 4 is 17.6 Å². The smallest absolute Gasteiger partial charge is 0.358 e. The molecule has 0 amide bonds. The van der Waals surface area contributed by atoms with Gasteiger partial charge in [-0.3, -0.25) is 0 Å². The van der Waals surface area contributed by atoms with Gasteiger partial charge in [0.05, 0.1) is 11.3 Å². The maximum atomic E-state index is 12.2. The molecule has 2 heterocycles. The van der Waals surface area contributed by atoms with Crippen molar-refractivity contribution < 1.29 is 14.3 Å². The van der Waals surface area contributed by atoms with Crippen LogP contribution in [0.4, 0.5) is 0 Å². The molecule has 23 heavy (non-hydrogen) atoms. The summed E-state index contributed by atoms with van der Waals surface area (Å²) in [7, 11) is 0. The highest BCUT2D eigenvalue weighted by Gasteiger charge is 2.30. The first-order chi connectivity index (χ1) is 11.1. The lowest BCUT2D eigenvalue weighted by Crippen LogP contribution is -2.38. The molecule has 1 atom stereocenters. The second-order valence-corrected chi connectivity index (χ2v) is 6.39. The minimum absolute atomic E-state index is 0.250. The van der Waals surface area contributed by atoms with Crippen LogP contribution in [0.3, 0.4) is 0 Å². The Morgan fingerprint density at radius 2 is 2.13 bits per heavy atom. The Labute approximate surface area is 140 Å². The van der Waals surface area contributed by atoms with Gasteiger partial charge in [0.15, 0.2) is 5.69 Å². The van der Waals surface area contributed by atoms with E-state index in [0.29, 0.717) is 5.02 Å². The topological polar surface area (TPSA) is 53.4 Å². The third kappa shape index (κ3) is 3.92. The lowest BCUT2D eigenvalue weighted by Gasteiger charge is -2.32. The Morgan fingerprint density at radius 1 is 1.35 bits per heavy atom. The molecule has 0 spiro atoms. The van der Waals surface area contributed by atoms with Gasteiger partial charge >= 0.3 is 5.97 Å². The van der Waals surface area contributed by atoms with E-state index in [1.165, 1.54) is 0 Å². The first-order valence-electron chi connectivity index (χ1n) is 7.68. The molecule has 3 rings (SSSR count). The number of aromatic nitrogens is 2. The van der Waals surface area contributed by atoms with Crippen LogP contribution >= 0.6 is 11.6 Å². The van der Waals surface area contributed by atoms with Gasteiger partial charge in [0, 0.05) is 17.8 Å². The van der Waals surface area contributed by atoms with Crippen LogP contribution in [0.25, 0.3) is 5.69 Å². The fourth-order valence-corrected chi connectivity index (χ4v) is 2.69. The van der Waals surface area contributed by atoms with E-state index in [1.54, 1.807) is 29.1 Å². The van der Waals surface area contributed by atoms with E-state index in [1.807, 2.05) is 19.1 Å². The summed E-state index contributed by atoms with van der Waals surface area (Å²) in [5.41, 5.74) is 0.725. The van der Waals surface area contributed by atoms with Gasteiger partial charge in [0.2, 0.25) is 0 Å². The van der Waals surface area contributed by atoms with Crippen molar-refractivity contribution in [3.8, 4) is 5.69 Å². The van der Waals surface area contributed by atoms with Crippen LogP contribution in [-0.4, -0.2) is 34.6 Å². The summed E-state index contributed by atoms with van der Waals surface area (Å²) < 4.78 is 12.7. The summed E-state index contributed by atoms with van der Waals surface area (Å²) in [5.74, 6) is -0.437. The van der Waals surface area contributed by atoms with Crippen LogP contribution in [0.1, 0.15) is 36.7 Å².